The van der Waals surface area contributed by atoms with E-state index < -0.39 is 16.1 Å². The van der Waals surface area contributed by atoms with Crippen LogP contribution in [0.2, 0.25) is 0 Å². The molecule has 0 saturated carbocycles. The molecule has 0 bridgehead atoms. The predicted molar refractivity (Wildman–Crippen MR) is 148 cm³/mol. The summed E-state index contributed by atoms with van der Waals surface area (Å²) >= 11 is 0. The monoisotopic (exact) mass is 557 g/mol. The highest BCUT2D eigenvalue weighted by molar-refractivity contribution is 7.89. The van der Waals surface area contributed by atoms with Gasteiger partial charge < -0.3 is 14.6 Å². The van der Waals surface area contributed by atoms with Crippen molar-refractivity contribution in [1.82, 2.24) is 14.9 Å². The average Bonchev–Trinajstić information content (AvgIpc) is 3.56. The van der Waals surface area contributed by atoms with E-state index in [1.165, 1.54) is 19.1 Å². The number of ether oxygens (including phenoxy) is 1. The van der Waals surface area contributed by atoms with Gasteiger partial charge in [0, 0.05) is 29.8 Å². The molecule has 1 atom stereocenters. The normalized spacial score (nSPS) is 14.5. The van der Waals surface area contributed by atoms with Crippen molar-refractivity contribution < 1.29 is 22.5 Å². The zero-order chi connectivity index (χ0) is 28.4. The number of amides is 1. The van der Waals surface area contributed by atoms with Gasteiger partial charge in [-0.2, -0.15) is 10.2 Å². The van der Waals surface area contributed by atoms with E-state index in [0.29, 0.717) is 41.2 Å². The van der Waals surface area contributed by atoms with Crippen molar-refractivity contribution in [3.63, 3.8) is 0 Å². The molecular formula is C29H27N5O5S. The Morgan fingerprint density at radius 3 is 2.62 bits per heavy atom. The first-order valence-electron chi connectivity index (χ1n) is 12.7. The van der Waals surface area contributed by atoms with Crippen LogP contribution in [-0.4, -0.2) is 30.6 Å². The maximum absolute atomic E-state index is 13.1. The maximum Gasteiger partial charge on any atom is 0.258 e. The predicted octanol–water partition coefficient (Wildman–Crippen LogP) is 4.99. The Labute approximate surface area is 232 Å². The van der Waals surface area contributed by atoms with Crippen molar-refractivity contribution in [3.05, 3.63) is 77.4 Å². The first kappa shape index (κ1) is 27.1. The summed E-state index contributed by atoms with van der Waals surface area (Å²) < 4.78 is 40.3. The Morgan fingerprint density at radius 2 is 1.93 bits per heavy atom. The molecule has 0 radical (unpaired) electrons. The lowest BCUT2D eigenvalue weighted by molar-refractivity contribution is -0.114. The molecule has 1 amide bonds. The molecule has 2 N–H and O–H groups in total. The number of aromatic nitrogens is 2. The van der Waals surface area contributed by atoms with Gasteiger partial charge in [-0.05, 0) is 80.3 Å². The van der Waals surface area contributed by atoms with Crippen LogP contribution in [0.4, 0.5) is 5.69 Å². The Kier molecular flexibility index (Phi) is 7.38. The zero-order valence-electron chi connectivity index (χ0n) is 22.1. The molecule has 11 heteroatoms. The van der Waals surface area contributed by atoms with E-state index in [2.05, 4.69) is 26.2 Å². The second-order valence-corrected chi connectivity index (χ2v) is 11.4. The molecule has 1 aliphatic carbocycles. The number of hydrogen-bond donors (Lipinski definition) is 2. The van der Waals surface area contributed by atoms with E-state index in [9.17, 15) is 18.5 Å². The first-order chi connectivity index (χ1) is 19.1. The van der Waals surface area contributed by atoms with Crippen LogP contribution in [0.1, 0.15) is 49.9 Å². The molecule has 204 valence electrons. The highest BCUT2D eigenvalue weighted by Gasteiger charge is 2.30. The number of benzene rings is 3. The quantitative estimate of drug-likeness (QED) is 0.308. The van der Waals surface area contributed by atoms with Crippen LogP contribution in [0.3, 0.4) is 0 Å². The van der Waals surface area contributed by atoms with Crippen LogP contribution in [0.25, 0.3) is 22.8 Å². The minimum atomic E-state index is -3.81. The third-order valence-electron chi connectivity index (χ3n) is 6.43. The van der Waals surface area contributed by atoms with E-state index in [0.717, 1.165) is 16.7 Å². The molecule has 4 aromatic rings. The largest absolute Gasteiger partial charge is 0.490 e. The van der Waals surface area contributed by atoms with Gasteiger partial charge in [-0.3, -0.25) is 4.79 Å². The lowest BCUT2D eigenvalue weighted by Gasteiger charge is -2.15. The Morgan fingerprint density at radius 1 is 1.15 bits per heavy atom. The summed E-state index contributed by atoms with van der Waals surface area (Å²) in [5.74, 6) is 0.893. The number of nitrogens with zero attached hydrogens (tertiary/aromatic N) is 3. The number of anilines is 1. The number of sulfonamides is 1. The van der Waals surface area contributed by atoms with Gasteiger partial charge in [-0.1, -0.05) is 23.4 Å². The summed E-state index contributed by atoms with van der Waals surface area (Å²) in [5.41, 5.74) is 4.03. The van der Waals surface area contributed by atoms with Gasteiger partial charge in [0.25, 0.3) is 5.89 Å². The molecular weight excluding hydrogens is 530 g/mol. The summed E-state index contributed by atoms with van der Waals surface area (Å²) in [5, 5.41) is 16.4. The first-order valence-corrected chi connectivity index (χ1v) is 14.2. The fourth-order valence-electron chi connectivity index (χ4n) is 4.72. The van der Waals surface area contributed by atoms with Crippen LogP contribution >= 0.6 is 0 Å². The van der Waals surface area contributed by atoms with Gasteiger partial charge in [0.05, 0.1) is 16.6 Å². The second kappa shape index (κ2) is 10.9. The minimum Gasteiger partial charge on any atom is -0.490 e. The van der Waals surface area contributed by atoms with Crippen LogP contribution < -0.4 is 14.8 Å². The average molecular weight is 558 g/mol. The summed E-state index contributed by atoms with van der Waals surface area (Å²) in [4.78, 5) is 15.9. The molecule has 1 aliphatic rings. The summed E-state index contributed by atoms with van der Waals surface area (Å²) in [6.45, 7) is 5.16. The van der Waals surface area contributed by atoms with Crippen LogP contribution in [0, 0.1) is 11.3 Å². The molecule has 3 aromatic carbocycles. The van der Waals surface area contributed by atoms with E-state index in [1.807, 2.05) is 32.0 Å². The van der Waals surface area contributed by atoms with Gasteiger partial charge >= 0.3 is 0 Å². The zero-order valence-corrected chi connectivity index (χ0v) is 23.0. The van der Waals surface area contributed by atoms with Crippen molar-refractivity contribution in [1.29, 1.82) is 5.26 Å². The maximum atomic E-state index is 13.1. The van der Waals surface area contributed by atoms with Gasteiger partial charge in [0.2, 0.25) is 21.8 Å². The number of fused-ring (bicyclic) bond motifs is 1. The molecule has 5 rings (SSSR count). The summed E-state index contributed by atoms with van der Waals surface area (Å²) in [6, 6.07) is 18.5. The molecule has 40 heavy (non-hydrogen) atoms. The highest BCUT2D eigenvalue weighted by atomic mass is 32.2. The number of hydrogen-bond acceptors (Lipinski definition) is 8. The summed E-state index contributed by atoms with van der Waals surface area (Å²) in [7, 11) is -3.81. The SMILES string of the molecule is CC(=O)Nc1ccc(S(=O)(=O)NC2CCc3c(-c4noc(-c5ccc(OC(C)C)c(C#N)c5)n4)cccc32)cc1. The standard InChI is InChI=1S/C29H27N5O5S/c1-17(2)38-27-14-7-19(15-20(27)16-30)29-32-28(33-39-29)25-6-4-5-24-23(25)12-13-26(24)34-40(36,37)22-10-8-21(9-11-22)31-18(3)35/h4-11,14-15,17,26,34H,12-13H2,1-3H3,(H,31,35). The summed E-state index contributed by atoms with van der Waals surface area (Å²) in [6.07, 6.45) is 1.13. The third kappa shape index (κ3) is 5.59. The minimum absolute atomic E-state index is 0.0722. The van der Waals surface area contributed by atoms with Gasteiger partial charge in [0.1, 0.15) is 11.8 Å². The Balaban J connectivity index is 1.38. The Bertz CT molecular complexity index is 1720. The van der Waals surface area contributed by atoms with E-state index in [-0.39, 0.29) is 22.8 Å². The van der Waals surface area contributed by atoms with Gasteiger partial charge in [0.15, 0.2) is 0 Å². The lowest BCUT2D eigenvalue weighted by atomic mass is 10.0. The molecule has 0 fully saturated rings. The second-order valence-electron chi connectivity index (χ2n) is 9.70. The number of carbonyl (C=O) groups excluding carboxylic acids is 1. The fraction of sp³-hybridized carbons (Fsp3) is 0.241. The third-order valence-corrected chi connectivity index (χ3v) is 7.92. The Hall–Kier alpha value is -4.53. The number of nitrogens with one attached hydrogen (secondary N) is 2. The molecule has 1 heterocycles. The highest BCUT2D eigenvalue weighted by Crippen LogP contribution is 2.38. The molecule has 1 unspecified atom stereocenters. The number of carbonyl (C=O) groups is 1. The van der Waals surface area contributed by atoms with Crippen LogP contribution in [0.5, 0.6) is 5.75 Å². The number of rotatable bonds is 8. The molecule has 0 saturated heterocycles. The molecule has 1 aromatic heterocycles. The molecule has 0 spiro atoms. The van der Waals surface area contributed by atoms with Crippen LogP contribution in [-0.2, 0) is 21.2 Å². The van der Waals surface area contributed by atoms with Gasteiger partial charge in [-0.15, -0.1) is 0 Å². The van der Waals surface area contributed by atoms with Crippen molar-refractivity contribution in [2.45, 2.75) is 50.7 Å². The van der Waals surface area contributed by atoms with E-state index in [1.54, 1.807) is 30.3 Å². The van der Waals surface area contributed by atoms with Crippen molar-refractivity contribution >= 4 is 21.6 Å². The van der Waals surface area contributed by atoms with Crippen molar-refractivity contribution in [2.75, 3.05) is 5.32 Å². The fourth-order valence-corrected chi connectivity index (χ4v) is 5.97. The van der Waals surface area contributed by atoms with E-state index >= 15 is 0 Å². The van der Waals surface area contributed by atoms with Crippen molar-refractivity contribution in [2.24, 2.45) is 0 Å². The molecule has 0 aliphatic heterocycles. The molecule has 10 nitrogen and oxygen atoms in total. The smallest absolute Gasteiger partial charge is 0.258 e. The van der Waals surface area contributed by atoms with Crippen LogP contribution in [0.15, 0.2) is 70.1 Å². The van der Waals surface area contributed by atoms with E-state index in [4.69, 9.17) is 9.26 Å². The van der Waals surface area contributed by atoms with Gasteiger partial charge in [-0.25, -0.2) is 13.1 Å². The lowest BCUT2D eigenvalue weighted by Crippen LogP contribution is -2.27. The van der Waals surface area contributed by atoms with Crippen molar-refractivity contribution in [3.8, 4) is 34.7 Å². The number of nitriles is 1. The topological polar surface area (TPSA) is 147 Å².